The second kappa shape index (κ2) is 19.0. The first-order valence-electron chi connectivity index (χ1n) is 25.5. The monoisotopic (exact) mass is 968 g/mol. The predicted octanol–water partition coefficient (Wildman–Crippen LogP) is 17.8. The molecule has 0 aliphatic rings. The van der Waals surface area contributed by atoms with Gasteiger partial charge in [0.15, 0.2) is 0 Å². The summed E-state index contributed by atoms with van der Waals surface area (Å²) < 4.78 is 0. The number of para-hydroxylation sites is 2. The second-order valence-corrected chi connectivity index (χ2v) is 19.1. The quantitative estimate of drug-likeness (QED) is 0.165. The Bertz CT molecular complexity index is 4720. The van der Waals surface area contributed by atoms with E-state index in [1.807, 2.05) is 54.9 Å². The van der Waals surface area contributed by atoms with Crippen LogP contribution in [-0.2, 0) is 0 Å². The zero-order valence-electron chi connectivity index (χ0n) is 41.1. The summed E-state index contributed by atoms with van der Waals surface area (Å²) in [7, 11) is 0. The fraction of sp³-hybridized carbons (Fsp3) is 0. The van der Waals surface area contributed by atoms with Crippen LogP contribution in [0, 0.1) is 0 Å². The van der Waals surface area contributed by atoms with Gasteiger partial charge in [0, 0.05) is 67.0 Å². The zero-order chi connectivity index (χ0) is 50.4. The molecule has 0 unspecified atom stereocenters. The average molecular weight is 969 g/mol. The molecule has 6 nitrogen and oxygen atoms in total. The molecule has 354 valence electrons. The maximum absolute atomic E-state index is 5.10. The molecule has 0 saturated heterocycles. The van der Waals surface area contributed by atoms with E-state index in [0.717, 1.165) is 110 Å². The number of hydrogen-bond acceptors (Lipinski definition) is 6. The highest BCUT2D eigenvalue weighted by Crippen LogP contribution is 2.34. The van der Waals surface area contributed by atoms with Crippen LogP contribution in [0.3, 0.4) is 0 Å². The second-order valence-electron chi connectivity index (χ2n) is 19.1. The lowest BCUT2D eigenvalue weighted by Gasteiger charge is -2.10. The van der Waals surface area contributed by atoms with Gasteiger partial charge in [0.05, 0.1) is 55.9 Å². The minimum absolute atomic E-state index is 0.911. The number of fused-ring (bicyclic) bond motifs is 7. The highest BCUT2D eigenvalue weighted by molar-refractivity contribution is 5.99. The van der Waals surface area contributed by atoms with E-state index in [4.69, 9.17) is 19.9 Å². The van der Waals surface area contributed by atoms with E-state index < -0.39 is 0 Å². The molecule has 6 aromatic heterocycles. The van der Waals surface area contributed by atoms with Crippen LogP contribution in [0.15, 0.2) is 267 Å². The molecule has 0 fully saturated rings. The molecule has 0 N–H and O–H groups in total. The predicted molar refractivity (Wildman–Crippen MR) is 315 cm³/mol. The van der Waals surface area contributed by atoms with Crippen molar-refractivity contribution in [1.29, 1.82) is 0 Å². The third-order valence-electron chi connectivity index (χ3n) is 14.3. The van der Waals surface area contributed by atoms with Crippen molar-refractivity contribution in [3.05, 3.63) is 267 Å². The molecule has 0 radical (unpaired) electrons. The van der Waals surface area contributed by atoms with Gasteiger partial charge in [0.1, 0.15) is 0 Å². The summed E-state index contributed by atoms with van der Waals surface area (Å²) in [5, 5.41) is 9.16. The van der Waals surface area contributed by atoms with Gasteiger partial charge in [-0.2, -0.15) is 0 Å². The first-order chi connectivity index (χ1) is 37.6. The number of hydrogen-bond donors (Lipinski definition) is 0. The summed E-state index contributed by atoms with van der Waals surface area (Å²) in [5.74, 6) is 0. The van der Waals surface area contributed by atoms with E-state index in [2.05, 4.69) is 222 Å². The summed E-state index contributed by atoms with van der Waals surface area (Å²) >= 11 is 0. The molecule has 15 rings (SSSR count). The van der Waals surface area contributed by atoms with Crippen molar-refractivity contribution in [1.82, 2.24) is 29.9 Å². The Morgan fingerprint density at radius 2 is 0.579 bits per heavy atom. The molecule has 0 spiro atoms. The van der Waals surface area contributed by atoms with E-state index >= 15 is 0 Å². The Labute approximate surface area is 438 Å². The molecule has 0 aliphatic heterocycles. The van der Waals surface area contributed by atoms with Crippen LogP contribution in [0.1, 0.15) is 0 Å². The summed E-state index contributed by atoms with van der Waals surface area (Å²) in [6.45, 7) is 0. The van der Waals surface area contributed by atoms with E-state index in [1.165, 1.54) is 33.0 Å². The minimum atomic E-state index is 0.911. The first kappa shape index (κ1) is 44.4. The summed E-state index contributed by atoms with van der Waals surface area (Å²) in [4.78, 5) is 29.4. The molecule has 15 aromatic rings. The van der Waals surface area contributed by atoms with E-state index in [-0.39, 0.29) is 0 Å². The largest absolute Gasteiger partial charge is 0.256 e. The lowest BCUT2D eigenvalue weighted by molar-refractivity contribution is 1.35. The third kappa shape index (κ3) is 8.59. The van der Waals surface area contributed by atoms with Crippen molar-refractivity contribution in [2.75, 3.05) is 0 Å². The van der Waals surface area contributed by atoms with Gasteiger partial charge in [-0.3, -0.25) is 9.97 Å². The molecular weight excluding hydrogens is 925 g/mol. The van der Waals surface area contributed by atoms with Gasteiger partial charge in [-0.05, 0) is 106 Å². The highest BCUT2D eigenvalue weighted by Gasteiger charge is 2.12. The zero-order valence-corrected chi connectivity index (χ0v) is 41.1. The minimum Gasteiger partial charge on any atom is -0.256 e. The fourth-order valence-electron chi connectivity index (χ4n) is 10.3. The molecule has 0 amide bonds. The smallest absolute Gasteiger partial charge is 0.0725 e. The molecule has 6 heteroatoms. The van der Waals surface area contributed by atoms with Crippen LogP contribution in [-0.4, -0.2) is 29.9 Å². The number of benzene rings is 9. The number of aromatic nitrogens is 6. The van der Waals surface area contributed by atoms with Crippen LogP contribution in [0.25, 0.3) is 143 Å². The molecule has 0 bridgehead atoms. The van der Waals surface area contributed by atoms with Crippen molar-refractivity contribution >= 4 is 76.2 Å². The lowest BCUT2D eigenvalue weighted by atomic mass is 9.97. The SMILES string of the molecule is c1ccc(-c2ccc3ccc(-c4ccc5ccc(-c6cnc7ccccc7c6)nc5c4)nc3c2)cc1.c1ccc2ncc(-c3ccc4ccc(-c5ccc6ccc(-c7cccc8ccccc78)cc6n5)cc4n3)cc2c1. The summed E-state index contributed by atoms with van der Waals surface area (Å²) in [5.41, 5.74) is 18.4. The highest BCUT2D eigenvalue weighted by atomic mass is 14.7. The van der Waals surface area contributed by atoms with Gasteiger partial charge in [0.2, 0.25) is 0 Å². The molecule has 76 heavy (non-hydrogen) atoms. The Balaban J connectivity index is 0.000000140. The van der Waals surface area contributed by atoms with Gasteiger partial charge < -0.3 is 0 Å². The van der Waals surface area contributed by atoms with Gasteiger partial charge in [-0.1, -0.05) is 182 Å². The van der Waals surface area contributed by atoms with E-state index in [0.29, 0.717) is 0 Å². The van der Waals surface area contributed by atoms with Crippen LogP contribution in [0.2, 0.25) is 0 Å². The van der Waals surface area contributed by atoms with Crippen molar-refractivity contribution in [3.63, 3.8) is 0 Å². The number of pyridine rings is 6. The Kier molecular flexibility index (Phi) is 11.1. The Morgan fingerprint density at radius 1 is 0.197 bits per heavy atom. The molecule has 0 atom stereocenters. The maximum Gasteiger partial charge on any atom is 0.0725 e. The van der Waals surface area contributed by atoms with Gasteiger partial charge >= 0.3 is 0 Å². The Morgan fingerprint density at radius 3 is 1.11 bits per heavy atom. The van der Waals surface area contributed by atoms with Gasteiger partial charge in [0.25, 0.3) is 0 Å². The molecule has 0 aliphatic carbocycles. The molecule has 0 saturated carbocycles. The summed E-state index contributed by atoms with van der Waals surface area (Å²) in [6, 6.07) is 88.6. The van der Waals surface area contributed by atoms with Crippen LogP contribution in [0.5, 0.6) is 0 Å². The molecular formula is C70H44N6. The third-order valence-corrected chi connectivity index (χ3v) is 14.3. The van der Waals surface area contributed by atoms with Crippen molar-refractivity contribution < 1.29 is 0 Å². The number of nitrogens with zero attached hydrogens (tertiary/aromatic N) is 6. The fourth-order valence-corrected chi connectivity index (χ4v) is 10.3. The normalized spacial score (nSPS) is 11.4. The topological polar surface area (TPSA) is 77.3 Å². The average Bonchev–Trinajstić information content (AvgIpc) is 3.51. The molecule has 6 heterocycles. The van der Waals surface area contributed by atoms with E-state index in [9.17, 15) is 0 Å². The van der Waals surface area contributed by atoms with Crippen LogP contribution in [0.4, 0.5) is 0 Å². The maximum atomic E-state index is 5.10. The molecule has 9 aromatic carbocycles. The Hall–Kier alpha value is -10.3. The van der Waals surface area contributed by atoms with Crippen molar-refractivity contribution in [2.24, 2.45) is 0 Å². The van der Waals surface area contributed by atoms with E-state index in [1.54, 1.807) is 0 Å². The van der Waals surface area contributed by atoms with Crippen molar-refractivity contribution in [2.45, 2.75) is 0 Å². The number of rotatable bonds is 6. The summed E-state index contributed by atoms with van der Waals surface area (Å²) in [6.07, 6.45) is 3.80. The first-order valence-corrected chi connectivity index (χ1v) is 25.5. The van der Waals surface area contributed by atoms with Crippen LogP contribution < -0.4 is 0 Å². The van der Waals surface area contributed by atoms with Crippen molar-refractivity contribution in [3.8, 4) is 67.3 Å². The standard InChI is InChI=1S/C37H23N3.C33H21N3/c1-3-9-31-24(6-1)8-5-10-32(31)27-14-12-25-16-18-34(39-36(25)21-27)29-15-13-26-17-19-35(40-37(26)22-29)30-20-28-7-2-4-11-33(28)38-23-30;1-2-6-22(7-3-1)25-12-10-23-14-16-30(35-32(23)19-25)27-13-11-24-15-17-31(36-33(24)20-27)28-18-26-8-4-5-9-29(26)34-21-28/h1-23H;1-21H. The van der Waals surface area contributed by atoms with Crippen LogP contribution >= 0.6 is 0 Å². The lowest BCUT2D eigenvalue weighted by Crippen LogP contribution is -1.90. The van der Waals surface area contributed by atoms with Gasteiger partial charge in [-0.25, -0.2) is 19.9 Å². The van der Waals surface area contributed by atoms with Gasteiger partial charge in [-0.15, -0.1) is 0 Å².